The van der Waals surface area contributed by atoms with Crippen LogP contribution in [0.15, 0.2) is 9.72 Å². The minimum Gasteiger partial charge on any atom is -0.466 e. The van der Waals surface area contributed by atoms with Crippen molar-refractivity contribution in [2.24, 2.45) is 5.92 Å². The van der Waals surface area contributed by atoms with Gasteiger partial charge in [0.1, 0.15) is 0 Å². The van der Waals surface area contributed by atoms with Crippen LogP contribution in [0.25, 0.3) is 0 Å². The van der Waals surface area contributed by atoms with Gasteiger partial charge >= 0.3 is 5.97 Å². The molecular formula is C14H20N2O3S2. The Morgan fingerprint density at radius 3 is 3.05 bits per heavy atom. The van der Waals surface area contributed by atoms with E-state index in [4.69, 9.17) is 4.74 Å². The van der Waals surface area contributed by atoms with Gasteiger partial charge in [0.2, 0.25) is 5.91 Å². The number of carbonyl (C=O) groups is 2. The Morgan fingerprint density at radius 2 is 2.38 bits per heavy atom. The van der Waals surface area contributed by atoms with E-state index in [0.717, 1.165) is 29.4 Å². The molecule has 116 valence electrons. The summed E-state index contributed by atoms with van der Waals surface area (Å²) in [5.41, 5.74) is 0.982. The van der Waals surface area contributed by atoms with Gasteiger partial charge in [-0.25, -0.2) is 4.98 Å². The van der Waals surface area contributed by atoms with Gasteiger partial charge in [-0.3, -0.25) is 9.59 Å². The van der Waals surface area contributed by atoms with Crippen molar-refractivity contribution in [3.63, 3.8) is 0 Å². The molecule has 0 unspecified atom stereocenters. The van der Waals surface area contributed by atoms with Gasteiger partial charge in [-0.1, -0.05) is 11.8 Å². The highest BCUT2D eigenvalue weighted by atomic mass is 32.2. The summed E-state index contributed by atoms with van der Waals surface area (Å²) in [6.07, 6.45) is 1.66. The maximum absolute atomic E-state index is 12.2. The van der Waals surface area contributed by atoms with Crippen molar-refractivity contribution in [3.8, 4) is 0 Å². The molecule has 1 aromatic heterocycles. The fourth-order valence-corrected chi connectivity index (χ4v) is 4.02. The van der Waals surface area contributed by atoms with Crippen LogP contribution < -0.4 is 0 Å². The number of nitrogens with zero attached hydrogens (tertiary/aromatic N) is 2. The zero-order valence-corrected chi connectivity index (χ0v) is 14.0. The van der Waals surface area contributed by atoms with Crippen LogP contribution >= 0.6 is 23.1 Å². The number of amides is 1. The lowest BCUT2D eigenvalue weighted by Crippen LogP contribution is -2.43. The van der Waals surface area contributed by atoms with Crippen molar-refractivity contribution in [2.75, 3.05) is 25.4 Å². The van der Waals surface area contributed by atoms with Crippen molar-refractivity contribution in [1.29, 1.82) is 0 Å². The minimum absolute atomic E-state index is 0.0712. The lowest BCUT2D eigenvalue weighted by molar-refractivity contribution is -0.151. The normalized spacial score (nSPS) is 18.6. The molecule has 0 spiro atoms. The molecule has 2 rings (SSSR count). The molecule has 0 N–H and O–H groups in total. The lowest BCUT2D eigenvalue weighted by Gasteiger charge is -2.31. The van der Waals surface area contributed by atoms with Gasteiger partial charge < -0.3 is 9.64 Å². The molecular weight excluding hydrogens is 308 g/mol. The van der Waals surface area contributed by atoms with E-state index in [2.05, 4.69) is 4.98 Å². The standard InChI is InChI=1S/C14H20N2O3S2/c1-3-19-13(18)11-5-4-6-16(7-11)12(17)9-21-14-15-10(2)8-20-14/h8,11H,3-7,9H2,1-2H3/t11-/m0/s1. The fourth-order valence-electron chi connectivity index (χ4n) is 2.27. The summed E-state index contributed by atoms with van der Waals surface area (Å²) in [6.45, 7) is 5.34. The molecule has 0 aliphatic carbocycles. The average molecular weight is 328 g/mol. The molecule has 0 radical (unpaired) electrons. The third-order valence-corrected chi connectivity index (χ3v) is 5.43. The highest BCUT2D eigenvalue weighted by molar-refractivity contribution is 8.01. The number of esters is 1. The van der Waals surface area contributed by atoms with Crippen LogP contribution in [-0.2, 0) is 14.3 Å². The molecule has 21 heavy (non-hydrogen) atoms. The molecule has 1 fully saturated rings. The van der Waals surface area contributed by atoms with E-state index in [0.29, 0.717) is 18.9 Å². The Bertz CT molecular complexity index is 504. The Kier molecular flexibility index (Phi) is 6.05. The van der Waals surface area contributed by atoms with Gasteiger partial charge in [-0.05, 0) is 26.7 Å². The van der Waals surface area contributed by atoms with Crippen LogP contribution in [0.2, 0.25) is 0 Å². The molecule has 0 aromatic carbocycles. The van der Waals surface area contributed by atoms with E-state index >= 15 is 0 Å². The zero-order valence-electron chi connectivity index (χ0n) is 12.3. The van der Waals surface area contributed by atoms with E-state index in [-0.39, 0.29) is 17.8 Å². The van der Waals surface area contributed by atoms with Crippen molar-refractivity contribution >= 4 is 35.0 Å². The molecule has 1 aliphatic heterocycles. The molecule has 1 aliphatic rings. The number of thioether (sulfide) groups is 1. The number of hydrogen-bond acceptors (Lipinski definition) is 6. The number of likely N-dealkylation sites (tertiary alicyclic amines) is 1. The fraction of sp³-hybridized carbons (Fsp3) is 0.643. The highest BCUT2D eigenvalue weighted by Gasteiger charge is 2.29. The number of hydrogen-bond donors (Lipinski definition) is 0. The topological polar surface area (TPSA) is 59.5 Å². The number of rotatable bonds is 5. The quantitative estimate of drug-likeness (QED) is 0.613. The van der Waals surface area contributed by atoms with E-state index in [1.54, 1.807) is 23.2 Å². The van der Waals surface area contributed by atoms with Gasteiger partial charge in [-0.2, -0.15) is 0 Å². The van der Waals surface area contributed by atoms with Crippen LogP contribution in [0.3, 0.4) is 0 Å². The second kappa shape index (κ2) is 7.79. The summed E-state index contributed by atoms with van der Waals surface area (Å²) in [4.78, 5) is 30.1. The Balaban J connectivity index is 1.82. The van der Waals surface area contributed by atoms with Gasteiger partial charge in [0, 0.05) is 24.2 Å². The van der Waals surface area contributed by atoms with Crippen LogP contribution in [0, 0.1) is 12.8 Å². The first-order chi connectivity index (χ1) is 10.1. The highest BCUT2D eigenvalue weighted by Crippen LogP contribution is 2.24. The SMILES string of the molecule is CCOC(=O)[C@H]1CCCN(C(=O)CSc2nc(C)cs2)C1. The summed E-state index contributed by atoms with van der Waals surface area (Å²) in [7, 11) is 0. The third kappa shape index (κ3) is 4.71. The lowest BCUT2D eigenvalue weighted by atomic mass is 9.98. The van der Waals surface area contributed by atoms with Crippen molar-refractivity contribution in [3.05, 3.63) is 11.1 Å². The minimum atomic E-state index is -0.182. The maximum atomic E-state index is 12.2. The molecule has 1 saturated heterocycles. The van der Waals surface area contributed by atoms with E-state index < -0.39 is 0 Å². The van der Waals surface area contributed by atoms with Crippen molar-refractivity contribution < 1.29 is 14.3 Å². The van der Waals surface area contributed by atoms with Crippen LogP contribution in [0.1, 0.15) is 25.5 Å². The van der Waals surface area contributed by atoms with Gasteiger partial charge in [0.15, 0.2) is 4.34 Å². The monoisotopic (exact) mass is 328 g/mol. The first kappa shape index (κ1) is 16.3. The molecule has 0 bridgehead atoms. The largest absolute Gasteiger partial charge is 0.466 e. The maximum Gasteiger partial charge on any atom is 0.310 e. The molecule has 7 heteroatoms. The number of aryl methyl sites for hydroxylation is 1. The number of carbonyl (C=O) groups excluding carboxylic acids is 2. The van der Waals surface area contributed by atoms with Gasteiger partial charge in [0.05, 0.1) is 18.3 Å². The zero-order chi connectivity index (χ0) is 15.2. The first-order valence-corrected chi connectivity index (χ1v) is 8.96. The molecule has 2 heterocycles. The summed E-state index contributed by atoms with van der Waals surface area (Å²) >= 11 is 3.02. The average Bonchev–Trinajstić information content (AvgIpc) is 2.91. The summed E-state index contributed by atoms with van der Waals surface area (Å²) in [5, 5.41) is 1.98. The second-order valence-corrected chi connectivity index (χ2v) is 7.05. The number of aromatic nitrogens is 1. The second-order valence-electron chi connectivity index (χ2n) is 4.97. The Hall–Kier alpha value is -1.08. The first-order valence-electron chi connectivity index (χ1n) is 7.09. The van der Waals surface area contributed by atoms with Gasteiger partial charge in [0.25, 0.3) is 0 Å². The molecule has 1 atom stereocenters. The molecule has 5 nitrogen and oxygen atoms in total. The summed E-state index contributed by atoms with van der Waals surface area (Å²) < 4.78 is 5.97. The molecule has 0 saturated carbocycles. The van der Waals surface area contributed by atoms with Gasteiger partial charge in [-0.15, -0.1) is 11.3 Å². The number of piperidine rings is 1. The Morgan fingerprint density at radius 1 is 1.57 bits per heavy atom. The van der Waals surface area contributed by atoms with Crippen LogP contribution in [0.4, 0.5) is 0 Å². The Labute approximate surface area is 133 Å². The predicted octanol–water partition coefficient (Wildman–Crippen LogP) is 2.35. The third-order valence-electron chi connectivity index (χ3n) is 3.31. The van der Waals surface area contributed by atoms with Crippen LogP contribution in [-0.4, -0.2) is 47.2 Å². The van der Waals surface area contributed by atoms with Crippen molar-refractivity contribution in [1.82, 2.24) is 9.88 Å². The molecule has 1 aromatic rings. The summed E-state index contributed by atoms with van der Waals surface area (Å²) in [6, 6.07) is 0. The van der Waals surface area contributed by atoms with E-state index in [1.807, 2.05) is 12.3 Å². The molecule has 1 amide bonds. The smallest absolute Gasteiger partial charge is 0.310 e. The summed E-state index contributed by atoms with van der Waals surface area (Å²) in [5.74, 6) is 0.0949. The van der Waals surface area contributed by atoms with E-state index in [9.17, 15) is 9.59 Å². The predicted molar refractivity (Wildman–Crippen MR) is 83.5 cm³/mol. The van der Waals surface area contributed by atoms with Crippen LogP contribution in [0.5, 0.6) is 0 Å². The van der Waals surface area contributed by atoms with E-state index in [1.165, 1.54) is 11.8 Å². The number of ether oxygens (including phenoxy) is 1. The number of thiazole rings is 1. The van der Waals surface area contributed by atoms with Crippen molar-refractivity contribution in [2.45, 2.75) is 31.0 Å².